The second-order valence-corrected chi connectivity index (χ2v) is 11.5. The number of aryl methyl sites for hydroxylation is 1. The van der Waals surface area contributed by atoms with Gasteiger partial charge in [-0.2, -0.15) is 5.10 Å². The van der Waals surface area contributed by atoms with Gasteiger partial charge in [0, 0.05) is 44.4 Å². The molecule has 1 saturated heterocycles. The van der Waals surface area contributed by atoms with Crippen molar-refractivity contribution in [1.29, 1.82) is 0 Å². The minimum Gasteiger partial charge on any atom is -0.381 e. The maximum atomic E-state index is 13.9. The molecule has 0 saturated carbocycles. The van der Waals surface area contributed by atoms with Crippen LogP contribution >= 0.6 is 0 Å². The lowest BCUT2D eigenvalue weighted by atomic mass is 10.0. The summed E-state index contributed by atoms with van der Waals surface area (Å²) in [4.78, 5) is 0.233. The van der Waals surface area contributed by atoms with E-state index in [1.54, 1.807) is 36.5 Å². The number of benzene rings is 2. The predicted octanol–water partition coefficient (Wildman–Crippen LogP) is 4.26. The van der Waals surface area contributed by atoms with Crippen LogP contribution in [0.1, 0.15) is 44.1 Å². The van der Waals surface area contributed by atoms with Crippen LogP contribution in [-0.2, 0) is 26.0 Å². The zero-order valence-corrected chi connectivity index (χ0v) is 21.7. The average molecular weight is 502 g/mol. The molecule has 2 heterocycles. The largest absolute Gasteiger partial charge is 0.381 e. The Morgan fingerprint density at radius 1 is 1.20 bits per heavy atom. The van der Waals surface area contributed by atoms with Crippen LogP contribution < -0.4 is 4.31 Å². The SMILES string of the molecule is COC(O)c1ccc(N(CC(C)C)S(=O)(=O)c2ccc3c(cnn3CC3CCOCC3)c2)c(C)c1. The normalized spacial score (nSPS) is 16.2. The number of methoxy groups -OCH3 is 1. The highest BCUT2D eigenvalue weighted by molar-refractivity contribution is 7.92. The van der Waals surface area contributed by atoms with Gasteiger partial charge >= 0.3 is 0 Å². The molecule has 8 nitrogen and oxygen atoms in total. The van der Waals surface area contributed by atoms with Crippen molar-refractivity contribution in [2.75, 3.05) is 31.2 Å². The van der Waals surface area contributed by atoms with Crippen LogP contribution in [0.2, 0.25) is 0 Å². The molecule has 4 rings (SSSR count). The number of ether oxygens (including phenoxy) is 2. The molecule has 9 heteroatoms. The highest BCUT2D eigenvalue weighted by Gasteiger charge is 2.28. The number of hydrogen-bond donors (Lipinski definition) is 1. The number of anilines is 1. The number of aliphatic hydroxyl groups excluding tert-OH is 1. The van der Waals surface area contributed by atoms with Gasteiger partial charge in [0.25, 0.3) is 10.0 Å². The fraction of sp³-hybridized carbons (Fsp3) is 0.500. The number of aliphatic hydroxyl groups is 1. The van der Waals surface area contributed by atoms with Crippen molar-refractivity contribution < 1.29 is 23.0 Å². The first-order valence-electron chi connectivity index (χ1n) is 12.1. The molecular weight excluding hydrogens is 466 g/mol. The molecule has 1 aliphatic heterocycles. The van der Waals surface area contributed by atoms with E-state index >= 15 is 0 Å². The predicted molar refractivity (Wildman–Crippen MR) is 136 cm³/mol. The molecule has 1 aliphatic rings. The summed E-state index contributed by atoms with van der Waals surface area (Å²) in [6.07, 6.45) is 2.71. The molecule has 0 spiro atoms. The van der Waals surface area contributed by atoms with Crippen LogP contribution in [0.25, 0.3) is 10.9 Å². The van der Waals surface area contributed by atoms with Gasteiger partial charge in [0.15, 0.2) is 6.29 Å². The molecule has 1 aromatic heterocycles. The Balaban J connectivity index is 1.67. The summed E-state index contributed by atoms with van der Waals surface area (Å²) in [6, 6.07) is 10.4. The Hall–Kier alpha value is -2.46. The van der Waals surface area contributed by atoms with Crippen LogP contribution in [-0.4, -0.2) is 50.2 Å². The van der Waals surface area contributed by atoms with Gasteiger partial charge in [-0.15, -0.1) is 0 Å². The van der Waals surface area contributed by atoms with E-state index in [0.717, 1.165) is 49.1 Å². The lowest BCUT2D eigenvalue weighted by molar-refractivity contribution is -0.0769. The minimum atomic E-state index is -3.83. The third-order valence-corrected chi connectivity index (χ3v) is 8.28. The fourth-order valence-corrected chi connectivity index (χ4v) is 6.31. The summed E-state index contributed by atoms with van der Waals surface area (Å²) in [7, 11) is -2.41. The quantitative estimate of drug-likeness (QED) is 0.441. The van der Waals surface area contributed by atoms with Crippen molar-refractivity contribution in [3.05, 3.63) is 53.7 Å². The smallest absolute Gasteiger partial charge is 0.264 e. The van der Waals surface area contributed by atoms with E-state index in [1.165, 1.54) is 11.4 Å². The van der Waals surface area contributed by atoms with Crippen LogP contribution in [0, 0.1) is 18.8 Å². The molecule has 1 fully saturated rings. The molecule has 0 aliphatic carbocycles. The van der Waals surface area contributed by atoms with Gasteiger partial charge in [-0.25, -0.2) is 8.42 Å². The Morgan fingerprint density at radius 2 is 1.94 bits per heavy atom. The van der Waals surface area contributed by atoms with Gasteiger partial charge in [0.2, 0.25) is 0 Å². The standard InChI is InChI=1S/C26H35N3O5S/c1-18(2)16-29(24-7-5-21(13-19(24)3)26(30)33-4)35(31,32)23-6-8-25-22(14-23)15-27-28(25)17-20-9-11-34-12-10-20/h5-8,13-15,18,20,26,30H,9-12,16-17H2,1-4H3. The number of fused-ring (bicyclic) bond motifs is 1. The van der Waals surface area contributed by atoms with Gasteiger partial charge in [0.1, 0.15) is 0 Å². The van der Waals surface area contributed by atoms with Crippen molar-refractivity contribution in [2.45, 2.75) is 51.3 Å². The summed E-state index contributed by atoms with van der Waals surface area (Å²) in [6.45, 7) is 8.52. The van der Waals surface area contributed by atoms with E-state index in [4.69, 9.17) is 9.47 Å². The summed E-state index contributed by atoms with van der Waals surface area (Å²) >= 11 is 0. The molecule has 3 aromatic rings. The topological polar surface area (TPSA) is 93.9 Å². The summed E-state index contributed by atoms with van der Waals surface area (Å²) < 4.78 is 41.6. The van der Waals surface area contributed by atoms with Crippen LogP contribution in [0.3, 0.4) is 0 Å². The second kappa shape index (κ2) is 10.7. The van der Waals surface area contributed by atoms with Gasteiger partial charge in [-0.1, -0.05) is 19.9 Å². The van der Waals surface area contributed by atoms with Crippen LogP contribution in [0.4, 0.5) is 5.69 Å². The Bertz CT molecular complexity index is 1270. The number of sulfonamides is 1. The minimum absolute atomic E-state index is 0.111. The molecule has 1 atom stereocenters. The van der Waals surface area contributed by atoms with Gasteiger partial charge in [-0.05, 0) is 67.5 Å². The summed E-state index contributed by atoms with van der Waals surface area (Å²) in [5.41, 5.74) is 2.84. The van der Waals surface area contributed by atoms with Crippen LogP contribution in [0.15, 0.2) is 47.5 Å². The molecule has 190 valence electrons. The molecule has 1 unspecified atom stereocenters. The number of hydrogen-bond acceptors (Lipinski definition) is 6. The summed E-state index contributed by atoms with van der Waals surface area (Å²) in [5.74, 6) is 0.624. The van der Waals surface area contributed by atoms with Crippen molar-refractivity contribution in [3.8, 4) is 0 Å². The third kappa shape index (κ3) is 5.53. The van der Waals surface area contributed by atoms with E-state index in [9.17, 15) is 13.5 Å². The maximum absolute atomic E-state index is 13.9. The lowest BCUT2D eigenvalue weighted by Crippen LogP contribution is -2.34. The molecule has 35 heavy (non-hydrogen) atoms. The van der Waals surface area contributed by atoms with E-state index < -0.39 is 16.3 Å². The molecular formula is C26H35N3O5S. The average Bonchev–Trinajstić information content (AvgIpc) is 3.24. The molecule has 1 N–H and O–H groups in total. The Labute approximate surface area is 207 Å². The Morgan fingerprint density at radius 3 is 2.60 bits per heavy atom. The van der Waals surface area contributed by atoms with Gasteiger partial charge in [-0.3, -0.25) is 8.99 Å². The second-order valence-electron chi connectivity index (χ2n) is 9.67. The lowest BCUT2D eigenvalue weighted by Gasteiger charge is -2.28. The molecule has 0 radical (unpaired) electrons. The van der Waals surface area contributed by atoms with E-state index in [2.05, 4.69) is 5.10 Å². The van der Waals surface area contributed by atoms with Crippen molar-refractivity contribution >= 4 is 26.6 Å². The van der Waals surface area contributed by atoms with Gasteiger partial charge < -0.3 is 14.6 Å². The first-order chi connectivity index (χ1) is 16.7. The Kier molecular flexibility index (Phi) is 7.80. The zero-order chi connectivity index (χ0) is 25.2. The van der Waals surface area contributed by atoms with E-state index in [-0.39, 0.29) is 10.8 Å². The van der Waals surface area contributed by atoms with Crippen LogP contribution in [0.5, 0.6) is 0 Å². The van der Waals surface area contributed by atoms with Crippen molar-refractivity contribution in [1.82, 2.24) is 9.78 Å². The van der Waals surface area contributed by atoms with E-state index in [0.29, 0.717) is 23.7 Å². The summed E-state index contributed by atoms with van der Waals surface area (Å²) in [5, 5.41) is 15.4. The number of nitrogens with zero attached hydrogens (tertiary/aromatic N) is 3. The molecule has 0 amide bonds. The highest BCUT2D eigenvalue weighted by Crippen LogP contribution is 2.31. The number of aromatic nitrogens is 2. The highest BCUT2D eigenvalue weighted by atomic mass is 32.2. The fourth-order valence-electron chi connectivity index (χ4n) is 4.58. The third-order valence-electron chi connectivity index (χ3n) is 6.50. The first-order valence-corrected chi connectivity index (χ1v) is 13.5. The van der Waals surface area contributed by atoms with Gasteiger partial charge in [0.05, 0.1) is 22.3 Å². The van der Waals surface area contributed by atoms with E-state index in [1.807, 2.05) is 31.5 Å². The zero-order valence-electron chi connectivity index (χ0n) is 20.8. The maximum Gasteiger partial charge on any atom is 0.264 e. The van der Waals surface area contributed by atoms with Crippen molar-refractivity contribution in [3.63, 3.8) is 0 Å². The monoisotopic (exact) mass is 501 g/mol. The number of rotatable bonds is 9. The molecule has 2 aromatic carbocycles. The van der Waals surface area contributed by atoms with Crippen molar-refractivity contribution in [2.24, 2.45) is 11.8 Å². The first kappa shape index (κ1) is 25.6. The molecule has 0 bridgehead atoms.